The average molecular weight is 431 g/mol. The second-order valence-electron chi connectivity index (χ2n) is 6.70. The minimum Gasteiger partial charge on any atom is -0.871 e. The molecule has 2 aromatic carbocycles. The van der Waals surface area contributed by atoms with Crippen molar-refractivity contribution in [2.75, 3.05) is 0 Å². The topological polar surface area (TPSA) is 86.7 Å². The van der Waals surface area contributed by atoms with E-state index in [-0.39, 0.29) is 57.1 Å². The molecule has 0 aromatic heterocycles. The minimum atomic E-state index is -4.52. The standard InChI is InChI=1S/C21H28O5S.K/c1-2-3-4-5-6-7-8-10-17-11-9-12-18(15-17)26-19-13-14-21(20(22)16-19)27(23,24)25;/h9,11-16,22H,2-8,10H2,1H3,(H,23,24,25);/q;+1/p-1. The Kier molecular flexibility index (Phi) is 11.9. The van der Waals surface area contributed by atoms with Crippen molar-refractivity contribution in [1.82, 2.24) is 0 Å². The molecule has 0 unspecified atom stereocenters. The van der Waals surface area contributed by atoms with Crippen molar-refractivity contribution in [3.63, 3.8) is 0 Å². The Balaban J connectivity index is 0.00000392. The molecule has 148 valence electrons. The zero-order valence-electron chi connectivity index (χ0n) is 16.7. The Morgan fingerprint density at radius 3 is 2.21 bits per heavy atom. The molecule has 0 saturated carbocycles. The number of ether oxygens (including phenoxy) is 1. The van der Waals surface area contributed by atoms with Crippen LogP contribution in [0.25, 0.3) is 0 Å². The van der Waals surface area contributed by atoms with Gasteiger partial charge in [-0.15, -0.1) is 0 Å². The molecule has 0 spiro atoms. The van der Waals surface area contributed by atoms with Crippen LogP contribution >= 0.6 is 0 Å². The van der Waals surface area contributed by atoms with Gasteiger partial charge in [-0.05, 0) is 48.7 Å². The summed E-state index contributed by atoms with van der Waals surface area (Å²) in [5, 5.41) is 11.8. The van der Waals surface area contributed by atoms with Gasteiger partial charge in [-0.1, -0.05) is 63.3 Å². The maximum absolute atomic E-state index is 11.8. The van der Waals surface area contributed by atoms with Gasteiger partial charge in [0.1, 0.15) is 11.5 Å². The van der Waals surface area contributed by atoms with Crippen molar-refractivity contribution in [3.8, 4) is 17.2 Å². The van der Waals surface area contributed by atoms with Crippen LogP contribution in [0.2, 0.25) is 0 Å². The molecule has 0 aliphatic heterocycles. The molecule has 5 nitrogen and oxygen atoms in total. The second-order valence-corrected chi connectivity index (χ2v) is 8.09. The quantitative estimate of drug-likeness (QED) is 0.335. The van der Waals surface area contributed by atoms with Crippen LogP contribution in [0.1, 0.15) is 57.4 Å². The van der Waals surface area contributed by atoms with Crippen molar-refractivity contribution in [2.24, 2.45) is 0 Å². The fraction of sp³-hybridized carbons (Fsp3) is 0.429. The zero-order valence-corrected chi connectivity index (χ0v) is 20.6. The molecule has 0 atom stereocenters. The van der Waals surface area contributed by atoms with Gasteiger partial charge in [0.15, 0.2) is 0 Å². The van der Waals surface area contributed by atoms with Gasteiger partial charge in [0.25, 0.3) is 10.1 Å². The van der Waals surface area contributed by atoms with Crippen molar-refractivity contribution in [2.45, 2.75) is 63.2 Å². The van der Waals surface area contributed by atoms with Crippen LogP contribution in [0.5, 0.6) is 17.2 Å². The predicted molar refractivity (Wildman–Crippen MR) is 104 cm³/mol. The third-order valence-electron chi connectivity index (χ3n) is 4.40. The summed E-state index contributed by atoms with van der Waals surface area (Å²) in [6.45, 7) is 2.22. The SMILES string of the molecule is CCCCCCCCCc1cccc(Oc2ccc(S(=O)(=O)O)c([O-])c2)c1.[K+]. The summed E-state index contributed by atoms with van der Waals surface area (Å²) in [4.78, 5) is -0.650. The Bertz CT molecular complexity index is 836. The molecule has 0 heterocycles. The number of hydrogen-bond donors (Lipinski definition) is 1. The normalized spacial score (nSPS) is 11.1. The van der Waals surface area contributed by atoms with E-state index in [1.807, 2.05) is 18.2 Å². The Morgan fingerprint density at radius 1 is 0.929 bits per heavy atom. The van der Waals surface area contributed by atoms with Gasteiger partial charge in [0.05, 0.1) is 4.90 Å². The molecular weight excluding hydrogens is 403 g/mol. The molecule has 0 aliphatic rings. The van der Waals surface area contributed by atoms with E-state index in [2.05, 4.69) is 6.92 Å². The maximum Gasteiger partial charge on any atom is 1.00 e. The van der Waals surface area contributed by atoms with Crippen molar-refractivity contribution in [1.29, 1.82) is 0 Å². The largest absolute Gasteiger partial charge is 1.00 e. The third-order valence-corrected chi connectivity index (χ3v) is 5.29. The molecule has 2 rings (SSSR count). The monoisotopic (exact) mass is 430 g/mol. The molecule has 28 heavy (non-hydrogen) atoms. The third kappa shape index (κ3) is 8.94. The van der Waals surface area contributed by atoms with Gasteiger partial charge in [0, 0.05) is 0 Å². The van der Waals surface area contributed by atoms with E-state index in [4.69, 9.17) is 9.29 Å². The first-order chi connectivity index (χ1) is 12.9. The van der Waals surface area contributed by atoms with Gasteiger partial charge in [0.2, 0.25) is 0 Å². The number of rotatable bonds is 11. The molecule has 1 N–H and O–H groups in total. The fourth-order valence-corrected chi connectivity index (χ4v) is 3.50. The van der Waals surface area contributed by atoms with Gasteiger partial charge >= 0.3 is 51.4 Å². The van der Waals surface area contributed by atoms with E-state index in [9.17, 15) is 13.5 Å². The summed E-state index contributed by atoms with van der Waals surface area (Å²) in [6.07, 6.45) is 9.78. The molecule has 0 amide bonds. The smallest absolute Gasteiger partial charge is 0.871 e. The van der Waals surface area contributed by atoms with Crippen LogP contribution in [0, 0.1) is 0 Å². The molecule has 0 bridgehead atoms. The Labute approximate surface area is 210 Å². The van der Waals surface area contributed by atoms with Crippen molar-refractivity contribution >= 4 is 10.1 Å². The van der Waals surface area contributed by atoms with Gasteiger partial charge in [-0.3, -0.25) is 4.55 Å². The van der Waals surface area contributed by atoms with Gasteiger partial charge in [-0.2, -0.15) is 8.42 Å². The van der Waals surface area contributed by atoms with Crippen LogP contribution in [0.15, 0.2) is 47.4 Å². The number of unbranched alkanes of at least 4 members (excludes halogenated alkanes) is 6. The van der Waals surface area contributed by atoms with Crippen LogP contribution in [0.4, 0.5) is 0 Å². The Hall–Kier alpha value is -0.414. The van der Waals surface area contributed by atoms with Crippen molar-refractivity contribution in [3.05, 3.63) is 48.0 Å². The summed E-state index contributed by atoms with van der Waals surface area (Å²) in [6, 6.07) is 11.1. The molecule has 0 fully saturated rings. The van der Waals surface area contributed by atoms with E-state index < -0.39 is 20.8 Å². The minimum absolute atomic E-state index is 0. The van der Waals surface area contributed by atoms with E-state index >= 15 is 0 Å². The molecule has 0 radical (unpaired) electrons. The first kappa shape index (κ1) is 25.6. The molecule has 2 aromatic rings. The summed E-state index contributed by atoms with van der Waals surface area (Å²) >= 11 is 0. The predicted octanol–water partition coefficient (Wildman–Crippen LogP) is 2.10. The van der Waals surface area contributed by atoms with E-state index in [0.29, 0.717) is 5.75 Å². The second kappa shape index (κ2) is 13.0. The number of hydrogen-bond acceptors (Lipinski definition) is 4. The summed E-state index contributed by atoms with van der Waals surface area (Å²) < 4.78 is 36.8. The number of aryl methyl sites for hydroxylation is 1. The summed E-state index contributed by atoms with van der Waals surface area (Å²) in [5.74, 6) is 0.0316. The Morgan fingerprint density at radius 2 is 1.57 bits per heavy atom. The van der Waals surface area contributed by atoms with E-state index in [1.54, 1.807) is 6.07 Å². The molecule has 7 heteroatoms. The number of benzene rings is 2. The first-order valence-electron chi connectivity index (χ1n) is 9.45. The average Bonchev–Trinajstić information content (AvgIpc) is 2.60. The van der Waals surface area contributed by atoms with Crippen molar-refractivity contribution < 1.29 is 74.2 Å². The molecular formula is C21H27KO5S. The van der Waals surface area contributed by atoms with Gasteiger partial charge < -0.3 is 9.84 Å². The van der Waals surface area contributed by atoms with Crippen LogP contribution < -0.4 is 61.2 Å². The van der Waals surface area contributed by atoms with Crippen LogP contribution in [0.3, 0.4) is 0 Å². The summed E-state index contributed by atoms with van der Waals surface area (Å²) in [7, 11) is -4.52. The fourth-order valence-electron chi connectivity index (χ4n) is 2.95. The maximum atomic E-state index is 11.8. The van der Waals surface area contributed by atoms with E-state index in [0.717, 1.165) is 30.5 Å². The summed E-state index contributed by atoms with van der Waals surface area (Å²) in [5.41, 5.74) is 1.16. The van der Waals surface area contributed by atoms with E-state index in [1.165, 1.54) is 44.6 Å². The van der Waals surface area contributed by atoms with Crippen LogP contribution in [-0.2, 0) is 16.5 Å². The molecule has 0 aliphatic carbocycles. The van der Waals surface area contributed by atoms with Gasteiger partial charge in [-0.25, -0.2) is 0 Å². The first-order valence-corrected chi connectivity index (χ1v) is 10.9. The van der Waals surface area contributed by atoms with Crippen LogP contribution in [-0.4, -0.2) is 13.0 Å². The zero-order chi connectivity index (χ0) is 19.7. The molecule has 0 saturated heterocycles.